The molecule has 0 saturated carbocycles. The Labute approximate surface area is 204 Å². The highest BCUT2D eigenvalue weighted by Crippen LogP contribution is 2.47. The summed E-state index contributed by atoms with van der Waals surface area (Å²) >= 11 is 1.51. The van der Waals surface area contributed by atoms with Gasteiger partial charge in [-0.1, -0.05) is 63.6 Å². The third kappa shape index (κ3) is 3.80. The zero-order valence-electron chi connectivity index (χ0n) is 19.8. The minimum absolute atomic E-state index is 0.185. The summed E-state index contributed by atoms with van der Waals surface area (Å²) < 4.78 is 6.04. The van der Waals surface area contributed by atoms with Crippen molar-refractivity contribution in [2.75, 3.05) is 5.32 Å². The molecule has 5 nitrogen and oxygen atoms in total. The lowest BCUT2D eigenvalue weighted by Gasteiger charge is -2.36. The Hall–Kier alpha value is -3.12. The monoisotopic (exact) mass is 474 g/mol. The van der Waals surface area contributed by atoms with Crippen LogP contribution in [0.4, 0.5) is 5.00 Å². The fourth-order valence-electron chi connectivity index (χ4n) is 5.27. The van der Waals surface area contributed by atoms with Crippen molar-refractivity contribution >= 4 is 28.2 Å². The van der Waals surface area contributed by atoms with E-state index in [-0.39, 0.29) is 11.3 Å². The Morgan fingerprint density at radius 3 is 2.29 bits per heavy atom. The van der Waals surface area contributed by atoms with Crippen molar-refractivity contribution in [2.45, 2.75) is 52.4 Å². The molecular formula is C28H30N2O3S. The number of hydrogen-bond donors (Lipinski definition) is 2. The van der Waals surface area contributed by atoms with Gasteiger partial charge in [0.05, 0.1) is 11.5 Å². The van der Waals surface area contributed by atoms with E-state index < -0.39 is 11.8 Å². The van der Waals surface area contributed by atoms with Gasteiger partial charge in [-0.2, -0.15) is 0 Å². The maximum atomic E-state index is 13.7. The SMILES string of the molecule is CCC(C)(C)[C@H]1CCc2c(sc(NC(=O)C3c4ccccc4Oc4ccccc43)c2C(N)=O)C1. The van der Waals surface area contributed by atoms with Crippen LogP contribution in [0.5, 0.6) is 11.5 Å². The normalized spacial score (nSPS) is 17.2. The van der Waals surface area contributed by atoms with Crippen molar-refractivity contribution in [3.8, 4) is 11.5 Å². The van der Waals surface area contributed by atoms with Gasteiger partial charge in [-0.25, -0.2) is 0 Å². The number of hydrogen-bond acceptors (Lipinski definition) is 4. The van der Waals surface area contributed by atoms with Crippen molar-refractivity contribution in [1.82, 2.24) is 0 Å². The van der Waals surface area contributed by atoms with Gasteiger partial charge in [-0.05, 0) is 48.3 Å². The Bertz CT molecular complexity index is 1230. The van der Waals surface area contributed by atoms with Crippen molar-refractivity contribution in [2.24, 2.45) is 17.1 Å². The Balaban J connectivity index is 1.51. The maximum Gasteiger partial charge on any atom is 0.251 e. The molecule has 0 spiro atoms. The fraction of sp³-hybridized carbons (Fsp3) is 0.357. The summed E-state index contributed by atoms with van der Waals surface area (Å²) in [5.41, 5.74) is 9.18. The topological polar surface area (TPSA) is 81.4 Å². The lowest BCUT2D eigenvalue weighted by molar-refractivity contribution is -0.116. The molecule has 2 heterocycles. The van der Waals surface area contributed by atoms with Gasteiger partial charge < -0.3 is 15.8 Å². The summed E-state index contributed by atoms with van der Waals surface area (Å²) in [6.07, 6.45) is 3.86. The van der Waals surface area contributed by atoms with E-state index in [9.17, 15) is 9.59 Å². The number of thiophene rings is 1. The standard InChI is InChI=1S/C28H30N2O3S/c1-4-28(2,3)16-13-14-19-22(15-16)34-27(24(19)25(29)31)30-26(32)23-17-9-5-7-11-20(17)33-21-12-8-6-10-18(21)23/h5-12,16,23H,4,13-15H2,1-3H3,(H2,29,31)(H,30,32)/t16-/m0/s1. The molecule has 2 amide bonds. The van der Waals surface area contributed by atoms with E-state index in [1.165, 1.54) is 16.2 Å². The van der Waals surface area contributed by atoms with Crippen molar-refractivity contribution in [1.29, 1.82) is 0 Å². The van der Waals surface area contributed by atoms with Crippen LogP contribution < -0.4 is 15.8 Å². The molecule has 3 aromatic rings. The minimum Gasteiger partial charge on any atom is -0.457 e. The Morgan fingerprint density at radius 1 is 1.09 bits per heavy atom. The molecule has 0 fully saturated rings. The average Bonchev–Trinajstić information content (AvgIpc) is 3.19. The maximum absolute atomic E-state index is 13.7. The molecule has 3 N–H and O–H groups in total. The molecule has 1 aromatic heterocycles. The molecule has 5 rings (SSSR count). The second-order valence-electron chi connectivity index (χ2n) is 9.95. The highest BCUT2D eigenvalue weighted by Gasteiger charge is 2.37. The first-order chi connectivity index (χ1) is 16.3. The van der Waals surface area contributed by atoms with Crippen LogP contribution in [-0.2, 0) is 17.6 Å². The first-order valence-electron chi connectivity index (χ1n) is 11.9. The number of amides is 2. The summed E-state index contributed by atoms with van der Waals surface area (Å²) in [7, 11) is 0. The number of fused-ring (bicyclic) bond motifs is 3. The van der Waals surface area contributed by atoms with E-state index in [0.29, 0.717) is 28.0 Å². The van der Waals surface area contributed by atoms with Gasteiger partial charge in [0.2, 0.25) is 5.91 Å². The molecule has 1 atom stereocenters. The molecule has 1 aliphatic carbocycles. The van der Waals surface area contributed by atoms with Gasteiger partial charge in [0.25, 0.3) is 5.91 Å². The smallest absolute Gasteiger partial charge is 0.251 e. The number of carbonyl (C=O) groups is 2. The van der Waals surface area contributed by atoms with E-state index in [0.717, 1.165) is 42.4 Å². The predicted molar refractivity (Wildman–Crippen MR) is 136 cm³/mol. The average molecular weight is 475 g/mol. The molecule has 0 bridgehead atoms. The molecule has 0 unspecified atom stereocenters. The Morgan fingerprint density at radius 2 is 1.71 bits per heavy atom. The lowest BCUT2D eigenvalue weighted by atomic mass is 9.69. The van der Waals surface area contributed by atoms with Gasteiger partial charge in [0.1, 0.15) is 16.5 Å². The number of carbonyl (C=O) groups excluding carboxylic acids is 2. The van der Waals surface area contributed by atoms with Gasteiger partial charge in [-0.3, -0.25) is 9.59 Å². The summed E-state index contributed by atoms with van der Waals surface area (Å²) in [6, 6.07) is 15.2. The van der Waals surface area contributed by atoms with Gasteiger partial charge in [-0.15, -0.1) is 11.3 Å². The molecule has 6 heteroatoms. The number of anilines is 1. The molecule has 2 aromatic carbocycles. The molecular weight excluding hydrogens is 444 g/mol. The van der Waals surface area contributed by atoms with Crippen molar-refractivity contribution in [3.05, 3.63) is 75.7 Å². The second kappa shape index (κ2) is 8.58. The van der Waals surface area contributed by atoms with Crippen LogP contribution in [0.15, 0.2) is 48.5 Å². The number of primary amides is 1. The molecule has 1 aliphatic heterocycles. The third-order valence-electron chi connectivity index (χ3n) is 7.71. The molecule has 2 aliphatic rings. The van der Waals surface area contributed by atoms with Crippen LogP contribution in [-0.4, -0.2) is 11.8 Å². The third-order valence-corrected chi connectivity index (χ3v) is 8.88. The lowest BCUT2D eigenvalue weighted by Crippen LogP contribution is -2.29. The van der Waals surface area contributed by atoms with Crippen LogP contribution in [0.25, 0.3) is 0 Å². The van der Waals surface area contributed by atoms with E-state index >= 15 is 0 Å². The van der Waals surface area contributed by atoms with Gasteiger partial charge in [0, 0.05) is 16.0 Å². The number of nitrogens with one attached hydrogen (secondary N) is 1. The quantitative estimate of drug-likeness (QED) is 0.458. The van der Waals surface area contributed by atoms with Crippen LogP contribution in [0.3, 0.4) is 0 Å². The summed E-state index contributed by atoms with van der Waals surface area (Å²) in [5, 5.41) is 3.66. The number of rotatable bonds is 5. The number of para-hydroxylation sites is 2. The second-order valence-corrected chi connectivity index (χ2v) is 11.1. The zero-order chi connectivity index (χ0) is 24.0. The van der Waals surface area contributed by atoms with Crippen LogP contribution in [0.1, 0.15) is 71.5 Å². The van der Waals surface area contributed by atoms with E-state index in [1.807, 2.05) is 48.5 Å². The largest absolute Gasteiger partial charge is 0.457 e. The van der Waals surface area contributed by atoms with Gasteiger partial charge >= 0.3 is 0 Å². The fourth-order valence-corrected chi connectivity index (χ4v) is 6.60. The highest BCUT2D eigenvalue weighted by atomic mass is 32.1. The van der Waals surface area contributed by atoms with Crippen LogP contribution in [0.2, 0.25) is 0 Å². The van der Waals surface area contributed by atoms with Crippen molar-refractivity contribution < 1.29 is 14.3 Å². The number of ether oxygens (including phenoxy) is 1. The summed E-state index contributed by atoms with van der Waals surface area (Å²) in [5.74, 6) is 0.691. The van der Waals surface area contributed by atoms with E-state index in [2.05, 4.69) is 26.1 Å². The summed E-state index contributed by atoms with van der Waals surface area (Å²) in [4.78, 5) is 27.4. The zero-order valence-corrected chi connectivity index (χ0v) is 20.6. The van der Waals surface area contributed by atoms with Crippen LogP contribution in [0, 0.1) is 11.3 Å². The molecule has 0 radical (unpaired) electrons. The minimum atomic E-state index is -0.534. The van der Waals surface area contributed by atoms with Gasteiger partial charge in [0.15, 0.2) is 0 Å². The Kier molecular flexibility index (Phi) is 5.72. The number of benzene rings is 2. The first kappa shape index (κ1) is 22.7. The summed E-state index contributed by atoms with van der Waals surface area (Å²) in [6.45, 7) is 6.86. The van der Waals surface area contributed by atoms with E-state index in [4.69, 9.17) is 10.5 Å². The predicted octanol–water partition coefficient (Wildman–Crippen LogP) is 6.26. The molecule has 176 valence electrons. The number of nitrogens with two attached hydrogens (primary N) is 1. The highest BCUT2D eigenvalue weighted by molar-refractivity contribution is 7.17. The van der Waals surface area contributed by atoms with Crippen LogP contribution >= 0.6 is 11.3 Å². The molecule has 34 heavy (non-hydrogen) atoms. The first-order valence-corrected chi connectivity index (χ1v) is 12.7. The van der Waals surface area contributed by atoms with E-state index in [1.54, 1.807) is 0 Å². The molecule has 0 saturated heterocycles. The van der Waals surface area contributed by atoms with Crippen molar-refractivity contribution in [3.63, 3.8) is 0 Å².